The van der Waals surface area contributed by atoms with Gasteiger partial charge >= 0.3 is 0 Å². The van der Waals surface area contributed by atoms with E-state index in [1.54, 1.807) is 6.33 Å². The zero-order valence-electron chi connectivity index (χ0n) is 7.16. The van der Waals surface area contributed by atoms with Crippen LogP contribution in [0.25, 0.3) is 11.0 Å². The Morgan fingerprint density at radius 3 is 3.15 bits per heavy atom. The molecule has 0 spiro atoms. The Balaban J connectivity index is 2.54. The number of carbonyl (C=O) groups excluding carboxylic acids is 1. The van der Waals surface area contributed by atoms with Gasteiger partial charge in [-0.05, 0) is 12.1 Å². The Hall–Kier alpha value is -1.84. The van der Waals surface area contributed by atoms with Crippen molar-refractivity contribution in [2.24, 2.45) is 0 Å². The second-order valence-electron chi connectivity index (χ2n) is 2.79. The van der Waals surface area contributed by atoms with Gasteiger partial charge < -0.3 is 10.3 Å². The lowest BCUT2D eigenvalue weighted by atomic mass is 10.2. The van der Waals surface area contributed by atoms with Crippen molar-refractivity contribution in [2.75, 3.05) is 5.32 Å². The monoisotopic (exact) mass is 175 g/mol. The van der Waals surface area contributed by atoms with Gasteiger partial charge in [0.05, 0.1) is 17.5 Å². The summed E-state index contributed by atoms with van der Waals surface area (Å²) in [5.41, 5.74) is 2.45. The Kier molecular flexibility index (Phi) is 1.73. The highest BCUT2D eigenvalue weighted by atomic mass is 16.1. The van der Waals surface area contributed by atoms with E-state index < -0.39 is 0 Å². The van der Waals surface area contributed by atoms with E-state index in [2.05, 4.69) is 15.3 Å². The number of nitrogens with zero attached hydrogens (tertiary/aromatic N) is 1. The average Bonchev–Trinajstić information content (AvgIpc) is 2.51. The van der Waals surface area contributed by atoms with Crippen molar-refractivity contribution < 1.29 is 4.79 Å². The van der Waals surface area contributed by atoms with Crippen LogP contribution in [0.5, 0.6) is 0 Å². The smallest absolute Gasteiger partial charge is 0.221 e. The van der Waals surface area contributed by atoms with Crippen molar-refractivity contribution in [3.63, 3.8) is 0 Å². The number of carbonyl (C=O) groups is 1. The summed E-state index contributed by atoms with van der Waals surface area (Å²) in [6.07, 6.45) is 1.61. The van der Waals surface area contributed by atoms with Gasteiger partial charge in [0, 0.05) is 6.92 Å². The van der Waals surface area contributed by atoms with Gasteiger partial charge in [-0.1, -0.05) is 6.07 Å². The highest BCUT2D eigenvalue weighted by molar-refractivity contribution is 5.98. The maximum atomic E-state index is 10.8. The molecule has 0 atom stereocenters. The fourth-order valence-corrected chi connectivity index (χ4v) is 1.26. The van der Waals surface area contributed by atoms with Crippen LogP contribution in [0.3, 0.4) is 0 Å². The molecule has 0 aliphatic carbocycles. The average molecular weight is 175 g/mol. The Bertz CT molecular complexity index is 447. The topological polar surface area (TPSA) is 57.8 Å². The fourth-order valence-electron chi connectivity index (χ4n) is 1.26. The maximum absolute atomic E-state index is 10.8. The number of aromatic nitrogens is 2. The third-order valence-corrected chi connectivity index (χ3v) is 1.76. The molecule has 2 aromatic rings. The zero-order chi connectivity index (χ0) is 9.26. The van der Waals surface area contributed by atoms with E-state index in [0.29, 0.717) is 0 Å². The number of H-pyrrole nitrogens is 1. The summed E-state index contributed by atoms with van der Waals surface area (Å²) in [4.78, 5) is 17.9. The van der Waals surface area contributed by atoms with Gasteiger partial charge in [0.1, 0.15) is 5.52 Å². The number of rotatable bonds is 1. The first kappa shape index (κ1) is 7.79. The summed E-state index contributed by atoms with van der Waals surface area (Å²) in [5.74, 6) is -0.0875. The normalized spacial score (nSPS) is 10.2. The number of imidazole rings is 1. The molecule has 0 fully saturated rings. The van der Waals surface area contributed by atoms with Crippen molar-refractivity contribution in [2.45, 2.75) is 6.92 Å². The van der Waals surface area contributed by atoms with Crippen LogP contribution < -0.4 is 5.32 Å². The van der Waals surface area contributed by atoms with E-state index in [9.17, 15) is 4.79 Å². The molecule has 13 heavy (non-hydrogen) atoms. The van der Waals surface area contributed by atoms with Gasteiger partial charge in [-0.15, -0.1) is 0 Å². The lowest BCUT2D eigenvalue weighted by Crippen LogP contribution is -2.05. The van der Waals surface area contributed by atoms with Gasteiger partial charge in [0.2, 0.25) is 5.91 Å². The number of amides is 1. The number of hydrogen-bond donors (Lipinski definition) is 2. The van der Waals surface area contributed by atoms with Gasteiger partial charge in [0.25, 0.3) is 0 Å². The molecule has 4 nitrogen and oxygen atoms in total. The van der Waals surface area contributed by atoms with Crippen molar-refractivity contribution in [1.82, 2.24) is 9.97 Å². The zero-order valence-corrected chi connectivity index (χ0v) is 7.16. The van der Waals surface area contributed by atoms with Crippen LogP contribution in [-0.4, -0.2) is 15.9 Å². The second kappa shape index (κ2) is 2.90. The molecular formula is C9H9N3O. The second-order valence-corrected chi connectivity index (χ2v) is 2.79. The molecular weight excluding hydrogens is 166 g/mol. The van der Waals surface area contributed by atoms with Crippen LogP contribution in [-0.2, 0) is 4.79 Å². The molecule has 1 amide bonds. The lowest BCUT2D eigenvalue weighted by Gasteiger charge is -2.01. The van der Waals surface area contributed by atoms with Crippen LogP contribution in [0.2, 0.25) is 0 Å². The first-order valence-electron chi connectivity index (χ1n) is 3.97. The number of hydrogen-bond acceptors (Lipinski definition) is 2. The molecule has 0 bridgehead atoms. The van der Waals surface area contributed by atoms with Gasteiger partial charge in [-0.3, -0.25) is 4.79 Å². The first-order chi connectivity index (χ1) is 6.27. The summed E-state index contributed by atoms with van der Waals surface area (Å²) in [6, 6.07) is 5.60. The van der Waals surface area contributed by atoms with E-state index in [0.717, 1.165) is 16.7 Å². The van der Waals surface area contributed by atoms with Crippen LogP contribution in [0.15, 0.2) is 24.5 Å². The van der Waals surface area contributed by atoms with Crippen LogP contribution >= 0.6 is 0 Å². The predicted molar refractivity (Wildman–Crippen MR) is 50.4 cm³/mol. The van der Waals surface area contributed by atoms with E-state index in [-0.39, 0.29) is 5.91 Å². The van der Waals surface area contributed by atoms with E-state index in [1.165, 1.54) is 6.92 Å². The molecule has 0 saturated heterocycles. The van der Waals surface area contributed by atoms with Gasteiger partial charge in [-0.25, -0.2) is 4.98 Å². The fraction of sp³-hybridized carbons (Fsp3) is 0.111. The van der Waals surface area contributed by atoms with Crippen molar-refractivity contribution in [1.29, 1.82) is 0 Å². The molecule has 1 heterocycles. The summed E-state index contributed by atoms with van der Waals surface area (Å²) in [5, 5.41) is 2.71. The van der Waals surface area contributed by atoms with E-state index >= 15 is 0 Å². The number of anilines is 1. The van der Waals surface area contributed by atoms with Crippen LogP contribution in [0, 0.1) is 0 Å². The molecule has 0 radical (unpaired) electrons. The van der Waals surface area contributed by atoms with E-state index in [1.807, 2.05) is 18.2 Å². The largest absolute Gasteiger partial charge is 0.345 e. The molecule has 0 aliphatic heterocycles. The summed E-state index contributed by atoms with van der Waals surface area (Å²) >= 11 is 0. The van der Waals surface area contributed by atoms with Crippen LogP contribution in [0.4, 0.5) is 5.69 Å². The standard InChI is InChI=1S/C9H9N3O/c1-6(13)12-8-4-2-3-7-9(8)11-5-10-7/h2-5H,1H3,(H,10,11)(H,12,13). The minimum atomic E-state index is -0.0875. The highest BCUT2D eigenvalue weighted by Gasteiger charge is 2.02. The maximum Gasteiger partial charge on any atom is 0.221 e. The molecule has 0 saturated carbocycles. The molecule has 0 unspecified atom stereocenters. The number of para-hydroxylation sites is 1. The molecule has 66 valence electrons. The quantitative estimate of drug-likeness (QED) is 0.690. The van der Waals surface area contributed by atoms with Crippen molar-refractivity contribution >= 4 is 22.6 Å². The SMILES string of the molecule is CC(=O)Nc1cccc2[nH]cnc12. The van der Waals surface area contributed by atoms with Gasteiger partial charge in [-0.2, -0.15) is 0 Å². The first-order valence-corrected chi connectivity index (χ1v) is 3.97. The molecule has 4 heteroatoms. The minimum Gasteiger partial charge on any atom is -0.345 e. The Morgan fingerprint density at radius 1 is 1.54 bits per heavy atom. The summed E-state index contributed by atoms with van der Waals surface area (Å²) in [7, 11) is 0. The highest BCUT2D eigenvalue weighted by Crippen LogP contribution is 2.18. The third-order valence-electron chi connectivity index (χ3n) is 1.76. The Labute approximate surface area is 75.0 Å². The number of benzene rings is 1. The molecule has 0 aliphatic rings. The lowest BCUT2D eigenvalue weighted by molar-refractivity contribution is -0.114. The minimum absolute atomic E-state index is 0.0875. The number of fused-ring (bicyclic) bond motifs is 1. The molecule has 1 aromatic carbocycles. The van der Waals surface area contributed by atoms with Gasteiger partial charge in [0.15, 0.2) is 0 Å². The Morgan fingerprint density at radius 2 is 2.38 bits per heavy atom. The van der Waals surface area contributed by atoms with Crippen molar-refractivity contribution in [3.05, 3.63) is 24.5 Å². The van der Waals surface area contributed by atoms with Crippen molar-refractivity contribution in [3.8, 4) is 0 Å². The number of aromatic amines is 1. The van der Waals surface area contributed by atoms with Crippen LogP contribution in [0.1, 0.15) is 6.92 Å². The number of nitrogens with one attached hydrogen (secondary N) is 2. The molecule has 2 N–H and O–H groups in total. The molecule has 2 rings (SSSR count). The summed E-state index contributed by atoms with van der Waals surface area (Å²) < 4.78 is 0. The third kappa shape index (κ3) is 1.38. The summed E-state index contributed by atoms with van der Waals surface area (Å²) in [6.45, 7) is 1.48. The predicted octanol–water partition coefficient (Wildman–Crippen LogP) is 1.52. The van der Waals surface area contributed by atoms with E-state index in [4.69, 9.17) is 0 Å². The molecule has 1 aromatic heterocycles.